The molecule has 1 aromatic carbocycles. The summed E-state index contributed by atoms with van der Waals surface area (Å²) in [4.78, 5) is 7.30. The van der Waals surface area contributed by atoms with Gasteiger partial charge >= 0.3 is 12.2 Å². The van der Waals surface area contributed by atoms with E-state index >= 15 is 0 Å². The van der Waals surface area contributed by atoms with Gasteiger partial charge in [-0.05, 0) is 18.2 Å². The molecule has 0 atom stereocenters. The molecule has 0 aliphatic heterocycles. The van der Waals surface area contributed by atoms with Crippen LogP contribution < -0.4 is 10.5 Å². The van der Waals surface area contributed by atoms with Crippen LogP contribution in [0.1, 0.15) is 11.1 Å². The summed E-state index contributed by atoms with van der Waals surface area (Å²) >= 11 is 0. The van der Waals surface area contributed by atoms with Crippen LogP contribution in [-0.4, -0.2) is 9.97 Å². The third-order valence-electron chi connectivity index (χ3n) is 2.26. The SMILES string of the molecule is N#Cc1ccc(Oc2ncc(N)cn2)c(C(F)(F)F)c1. The summed E-state index contributed by atoms with van der Waals surface area (Å²) in [6, 6.07) is 4.32. The lowest BCUT2D eigenvalue weighted by Gasteiger charge is -2.12. The smallest absolute Gasteiger partial charge is 0.420 e. The first-order chi connectivity index (χ1) is 9.40. The summed E-state index contributed by atoms with van der Waals surface area (Å²) in [6.07, 6.45) is -2.24. The lowest BCUT2D eigenvalue weighted by atomic mass is 10.1. The van der Waals surface area contributed by atoms with Gasteiger partial charge in [-0.25, -0.2) is 9.97 Å². The normalized spacial score (nSPS) is 10.9. The second-order valence-electron chi connectivity index (χ2n) is 3.72. The van der Waals surface area contributed by atoms with E-state index in [1.807, 2.05) is 0 Å². The number of nitrogens with two attached hydrogens (primary N) is 1. The van der Waals surface area contributed by atoms with Crippen molar-refractivity contribution in [3.05, 3.63) is 41.7 Å². The molecule has 0 bridgehead atoms. The standard InChI is InChI=1S/C12H7F3N4O/c13-12(14,15)9-3-7(4-16)1-2-10(9)20-11-18-5-8(17)6-19-11/h1-3,5-6H,17H2. The topological polar surface area (TPSA) is 84.8 Å². The molecule has 2 N–H and O–H groups in total. The Bertz CT molecular complexity index is 662. The van der Waals surface area contributed by atoms with Crippen LogP contribution in [0.5, 0.6) is 11.8 Å². The predicted octanol–water partition coefficient (Wildman–Crippen LogP) is 2.74. The molecule has 0 spiro atoms. The predicted molar refractivity (Wildman–Crippen MR) is 62.7 cm³/mol. The number of hydrogen-bond acceptors (Lipinski definition) is 5. The first-order valence-electron chi connectivity index (χ1n) is 5.27. The summed E-state index contributed by atoms with van der Waals surface area (Å²) in [5, 5.41) is 8.64. The van der Waals surface area contributed by atoms with Gasteiger partial charge in [0.1, 0.15) is 5.75 Å². The fraction of sp³-hybridized carbons (Fsp3) is 0.0833. The van der Waals surface area contributed by atoms with Crippen molar-refractivity contribution in [2.24, 2.45) is 0 Å². The van der Waals surface area contributed by atoms with E-state index in [1.165, 1.54) is 18.5 Å². The Hall–Kier alpha value is -2.82. The molecule has 1 aromatic heterocycles. The summed E-state index contributed by atoms with van der Waals surface area (Å²) in [6.45, 7) is 0. The fourth-order valence-electron chi connectivity index (χ4n) is 1.39. The van der Waals surface area contributed by atoms with E-state index in [-0.39, 0.29) is 17.3 Å². The second kappa shape index (κ2) is 5.05. The number of hydrogen-bond donors (Lipinski definition) is 1. The van der Waals surface area contributed by atoms with Crippen LogP contribution in [0.3, 0.4) is 0 Å². The zero-order valence-corrected chi connectivity index (χ0v) is 9.85. The molecule has 0 unspecified atom stereocenters. The zero-order valence-electron chi connectivity index (χ0n) is 9.85. The van der Waals surface area contributed by atoms with E-state index in [0.29, 0.717) is 6.07 Å². The van der Waals surface area contributed by atoms with Gasteiger partial charge in [0.2, 0.25) is 0 Å². The number of halogens is 3. The Labute approximate surface area is 111 Å². The van der Waals surface area contributed by atoms with Crippen LogP contribution in [-0.2, 0) is 6.18 Å². The number of nitriles is 1. The van der Waals surface area contributed by atoms with E-state index in [2.05, 4.69) is 9.97 Å². The molecule has 1 heterocycles. The van der Waals surface area contributed by atoms with E-state index in [9.17, 15) is 13.2 Å². The summed E-state index contributed by atoms with van der Waals surface area (Å²) in [5.41, 5.74) is 4.42. The van der Waals surface area contributed by atoms with E-state index in [0.717, 1.165) is 6.07 Å². The summed E-state index contributed by atoms with van der Waals surface area (Å²) in [5.74, 6) is -0.485. The van der Waals surface area contributed by atoms with Gasteiger partial charge in [0.25, 0.3) is 0 Å². The molecule has 2 aromatic rings. The maximum absolute atomic E-state index is 12.9. The Morgan fingerprint density at radius 1 is 1.20 bits per heavy atom. The molecule has 5 nitrogen and oxygen atoms in total. The molecule has 0 saturated carbocycles. The highest BCUT2D eigenvalue weighted by Gasteiger charge is 2.35. The highest BCUT2D eigenvalue weighted by atomic mass is 19.4. The second-order valence-corrected chi connectivity index (χ2v) is 3.72. The van der Waals surface area contributed by atoms with Crippen LogP contribution >= 0.6 is 0 Å². The molecular formula is C12H7F3N4O. The van der Waals surface area contributed by atoms with Crippen molar-refractivity contribution < 1.29 is 17.9 Å². The maximum Gasteiger partial charge on any atom is 0.420 e. The van der Waals surface area contributed by atoms with Gasteiger partial charge in [-0.3, -0.25) is 0 Å². The van der Waals surface area contributed by atoms with Gasteiger partial charge in [0.15, 0.2) is 0 Å². The first-order valence-corrected chi connectivity index (χ1v) is 5.27. The molecule has 0 fully saturated rings. The maximum atomic E-state index is 12.9. The number of aromatic nitrogens is 2. The molecule has 0 aliphatic carbocycles. The van der Waals surface area contributed by atoms with Crippen LogP contribution in [0, 0.1) is 11.3 Å². The average molecular weight is 280 g/mol. The van der Waals surface area contributed by atoms with Gasteiger partial charge < -0.3 is 10.5 Å². The number of nitrogens with zero attached hydrogens (tertiary/aromatic N) is 3. The third-order valence-corrected chi connectivity index (χ3v) is 2.26. The van der Waals surface area contributed by atoms with Crippen molar-refractivity contribution in [2.45, 2.75) is 6.18 Å². The van der Waals surface area contributed by atoms with Gasteiger partial charge in [0.05, 0.1) is 35.3 Å². The number of nitrogen functional groups attached to an aromatic ring is 1. The summed E-state index contributed by atoms with van der Waals surface area (Å²) in [7, 11) is 0. The highest BCUT2D eigenvalue weighted by Crippen LogP contribution is 2.38. The van der Waals surface area contributed by atoms with Gasteiger partial charge in [-0.2, -0.15) is 18.4 Å². The van der Waals surface area contributed by atoms with Crippen LogP contribution in [0.2, 0.25) is 0 Å². The Kier molecular flexibility index (Phi) is 3.43. The van der Waals surface area contributed by atoms with Crippen LogP contribution in [0.25, 0.3) is 0 Å². The Balaban J connectivity index is 2.41. The monoisotopic (exact) mass is 280 g/mol. The lowest BCUT2D eigenvalue weighted by molar-refractivity contribution is -0.138. The van der Waals surface area contributed by atoms with Crippen molar-refractivity contribution in [1.29, 1.82) is 5.26 Å². The zero-order chi connectivity index (χ0) is 14.8. The molecule has 0 radical (unpaired) electrons. The third kappa shape index (κ3) is 2.95. The van der Waals surface area contributed by atoms with Crippen molar-refractivity contribution in [1.82, 2.24) is 9.97 Å². The van der Waals surface area contributed by atoms with Crippen molar-refractivity contribution in [3.8, 4) is 17.8 Å². The van der Waals surface area contributed by atoms with Gasteiger partial charge in [0, 0.05) is 0 Å². The number of alkyl halides is 3. The Morgan fingerprint density at radius 3 is 2.40 bits per heavy atom. The average Bonchev–Trinajstić information content (AvgIpc) is 2.40. The molecule has 0 aliphatic rings. The number of anilines is 1. The molecule has 2 rings (SSSR count). The van der Waals surface area contributed by atoms with Gasteiger partial charge in [-0.1, -0.05) is 0 Å². The molecular weight excluding hydrogens is 273 g/mol. The lowest BCUT2D eigenvalue weighted by Crippen LogP contribution is -2.08. The van der Waals surface area contributed by atoms with Crippen molar-refractivity contribution >= 4 is 5.69 Å². The van der Waals surface area contributed by atoms with E-state index in [4.69, 9.17) is 15.7 Å². The van der Waals surface area contributed by atoms with Crippen LogP contribution in [0.4, 0.5) is 18.9 Å². The van der Waals surface area contributed by atoms with Crippen molar-refractivity contribution in [3.63, 3.8) is 0 Å². The molecule has 0 saturated heterocycles. The highest BCUT2D eigenvalue weighted by molar-refractivity contribution is 5.44. The first kappa shape index (κ1) is 13.6. The number of rotatable bonds is 2. The molecule has 20 heavy (non-hydrogen) atoms. The van der Waals surface area contributed by atoms with Crippen molar-refractivity contribution in [2.75, 3.05) is 5.73 Å². The largest absolute Gasteiger partial charge is 0.424 e. The quantitative estimate of drug-likeness (QED) is 0.914. The number of ether oxygens (including phenoxy) is 1. The fourth-order valence-corrected chi connectivity index (χ4v) is 1.39. The summed E-state index contributed by atoms with van der Waals surface area (Å²) < 4.78 is 43.6. The Morgan fingerprint density at radius 2 is 1.85 bits per heavy atom. The minimum atomic E-state index is -4.66. The number of benzene rings is 1. The molecule has 102 valence electrons. The minimum Gasteiger partial charge on any atom is -0.424 e. The molecule has 0 amide bonds. The van der Waals surface area contributed by atoms with E-state index in [1.54, 1.807) is 6.07 Å². The van der Waals surface area contributed by atoms with E-state index < -0.39 is 17.5 Å². The van der Waals surface area contributed by atoms with Crippen LogP contribution in [0.15, 0.2) is 30.6 Å². The van der Waals surface area contributed by atoms with Gasteiger partial charge in [-0.15, -0.1) is 0 Å². The molecule has 8 heteroatoms. The minimum absolute atomic E-state index is 0.122.